The molecule has 2 heterocycles. The first-order chi connectivity index (χ1) is 13.7. The second-order valence-corrected chi connectivity index (χ2v) is 7.06. The molecule has 2 aromatic heterocycles. The van der Waals surface area contributed by atoms with Crippen LogP contribution in [0.1, 0.15) is 0 Å². The van der Waals surface area contributed by atoms with Crippen molar-refractivity contribution in [2.45, 2.75) is 5.16 Å². The fourth-order valence-corrected chi connectivity index (χ4v) is 3.66. The minimum atomic E-state index is -0.260. The lowest BCUT2D eigenvalue weighted by atomic mass is 10.1. The Balaban J connectivity index is 1.79. The number of imidazole rings is 1. The normalized spacial score (nSPS) is 10.8. The Labute approximate surface area is 167 Å². The van der Waals surface area contributed by atoms with Crippen molar-refractivity contribution in [2.75, 3.05) is 11.6 Å². The van der Waals surface area contributed by atoms with E-state index in [0.29, 0.717) is 0 Å². The van der Waals surface area contributed by atoms with E-state index >= 15 is 0 Å². The third-order valence-electron chi connectivity index (χ3n) is 4.43. The van der Waals surface area contributed by atoms with Crippen LogP contribution < -0.4 is 5.32 Å². The number of hydrogen-bond acceptors (Lipinski definition) is 4. The summed E-state index contributed by atoms with van der Waals surface area (Å²) in [7, 11) is 1.99. The van der Waals surface area contributed by atoms with Crippen molar-refractivity contribution in [2.24, 2.45) is 7.05 Å². The van der Waals surface area contributed by atoms with Gasteiger partial charge in [0.25, 0.3) is 0 Å². The Morgan fingerprint density at radius 2 is 1.71 bits per heavy atom. The standard InChI is InChI=1S/C22H19FN4S/c1-27-21(20(26-22(27)28-2)15-8-10-17(23)11-9-15)16-12-13-24-19(14-16)25-18-6-4-3-5-7-18/h3-14H,1-2H3,(H,24,25). The lowest BCUT2D eigenvalue weighted by Gasteiger charge is -2.10. The van der Waals surface area contributed by atoms with E-state index < -0.39 is 0 Å². The van der Waals surface area contributed by atoms with Crippen LogP contribution in [0.3, 0.4) is 0 Å². The zero-order chi connectivity index (χ0) is 19.5. The summed E-state index contributed by atoms with van der Waals surface area (Å²) < 4.78 is 15.5. The lowest BCUT2D eigenvalue weighted by Crippen LogP contribution is -1.97. The van der Waals surface area contributed by atoms with E-state index in [1.54, 1.807) is 30.1 Å². The average Bonchev–Trinajstić information content (AvgIpc) is 3.06. The van der Waals surface area contributed by atoms with Crippen LogP contribution >= 0.6 is 11.8 Å². The average molecular weight is 390 g/mol. The smallest absolute Gasteiger partial charge is 0.168 e. The monoisotopic (exact) mass is 390 g/mol. The fraction of sp³-hybridized carbons (Fsp3) is 0.0909. The van der Waals surface area contributed by atoms with Crippen LogP contribution in [0.4, 0.5) is 15.9 Å². The Bertz CT molecular complexity index is 1090. The number of halogens is 1. The van der Waals surface area contributed by atoms with Gasteiger partial charge in [-0.05, 0) is 54.8 Å². The van der Waals surface area contributed by atoms with Crippen molar-refractivity contribution in [3.8, 4) is 22.5 Å². The van der Waals surface area contributed by atoms with Gasteiger partial charge in [0.1, 0.15) is 11.6 Å². The van der Waals surface area contributed by atoms with Gasteiger partial charge in [-0.15, -0.1) is 0 Å². The zero-order valence-corrected chi connectivity index (χ0v) is 16.4. The first kappa shape index (κ1) is 18.3. The molecule has 0 fully saturated rings. The Morgan fingerprint density at radius 3 is 2.43 bits per heavy atom. The zero-order valence-electron chi connectivity index (χ0n) is 15.6. The van der Waals surface area contributed by atoms with Gasteiger partial charge in [-0.2, -0.15) is 0 Å². The number of nitrogens with zero attached hydrogens (tertiary/aromatic N) is 3. The number of hydrogen-bond donors (Lipinski definition) is 1. The number of rotatable bonds is 5. The van der Waals surface area contributed by atoms with Gasteiger partial charge in [0.05, 0.1) is 11.4 Å². The minimum Gasteiger partial charge on any atom is -0.340 e. The molecule has 0 radical (unpaired) electrons. The lowest BCUT2D eigenvalue weighted by molar-refractivity contribution is 0.628. The highest BCUT2D eigenvalue weighted by Gasteiger charge is 2.18. The van der Waals surface area contributed by atoms with Gasteiger partial charge in [-0.3, -0.25) is 0 Å². The summed E-state index contributed by atoms with van der Waals surface area (Å²) >= 11 is 1.58. The van der Waals surface area contributed by atoms with E-state index in [2.05, 4.69) is 14.9 Å². The molecule has 4 aromatic rings. The first-order valence-electron chi connectivity index (χ1n) is 8.81. The third-order valence-corrected chi connectivity index (χ3v) is 5.16. The molecule has 0 aliphatic carbocycles. The molecule has 0 saturated heterocycles. The summed E-state index contributed by atoms with van der Waals surface area (Å²) in [6.07, 6.45) is 3.77. The molecule has 0 atom stereocenters. The molecule has 6 heteroatoms. The predicted molar refractivity (Wildman–Crippen MR) is 113 cm³/mol. The van der Waals surface area contributed by atoms with Crippen LogP contribution in [0.15, 0.2) is 78.1 Å². The van der Waals surface area contributed by atoms with Crippen molar-refractivity contribution in [1.82, 2.24) is 14.5 Å². The number of nitrogens with one attached hydrogen (secondary N) is 1. The van der Waals surface area contributed by atoms with Gasteiger partial charge in [0.15, 0.2) is 5.16 Å². The Kier molecular flexibility index (Phi) is 5.12. The van der Waals surface area contributed by atoms with Crippen LogP contribution in [0.25, 0.3) is 22.5 Å². The highest BCUT2D eigenvalue weighted by atomic mass is 32.2. The van der Waals surface area contributed by atoms with Gasteiger partial charge in [0, 0.05) is 30.1 Å². The van der Waals surface area contributed by atoms with Gasteiger partial charge < -0.3 is 9.88 Å². The summed E-state index contributed by atoms with van der Waals surface area (Å²) in [6.45, 7) is 0. The van der Waals surface area contributed by atoms with Gasteiger partial charge in [-0.1, -0.05) is 30.0 Å². The van der Waals surface area contributed by atoms with Crippen LogP contribution in [0.5, 0.6) is 0 Å². The van der Waals surface area contributed by atoms with Crippen molar-refractivity contribution >= 4 is 23.3 Å². The summed E-state index contributed by atoms with van der Waals surface area (Å²) in [4.78, 5) is 9.22. The Hall–Kier alpha value is -3.12. The molecule has 0 bridgehead atoms. The molecule has 0 spiro atoms. The summed E-state index contributed by atoms with van der Waals surface area (Å²) in [5.74, 6) is 0.491. The quantitative estimate of drug-likeness (QED) is 0.440. The molecule has 0 unspecified atom stereocenters. The maximum absolute atomic E-state index is 13.4. The SMILES string of the molecule is CSc1nc(-c2ccc(F)cc2)c(-c2ccnc(Nc3ccccc3)c2)n1C. The molecule has 0 aliphatic heterocycles. The maximum atomic E-state index is 13.4. The van der Waals surface area contributed by atoms with Crippen LogP contribution in [0.2, 0.25) is 0 Å². The topological polar surface area (TPSA) is 42.7 Å². The van der Waals surface area contributed by atoms with Gasteiger partial charge in [-0.25, -0.2) is 14.4 Å². The molecular weight excluding hydrogens is 371 g/mol. The highest BCUT2D eigenvalue weighted by Crippen LogP contribution is 2.35. The molecule has 4 nitrogen and oxygen atoms in total. The second-order valence-electron chi connectivity index (χ2n) is 6.28. The molecule has 2 aromatic carbocycles. The number of benzene rings is 2. The third kappa shape index (κ3) is 3.64. The number of thioether (sulfide) groups is 1. The predicted octanol–water partition coefficient (Wildman–Crippen LogP) is 5.75. The van der Waals surface area contributed by atoms with Crippen LogP contribution in [0, 0.1) is 5.82 Å². The van der Waals surface area contributed by atoms with E-state index in [-0.39, 0.29) is 5.82 Å². The van der Waals surface area contributed by atoms with Crippen LogP contribution in [-0.4, -0.2) is 20.8 Å². The van der Waals surface area contributed by atoms with Gasteiger partial charge in [0.2, 0.25) is 0 Å². The number of para-hydroxylation sites is 1. The number of pyridine rings is 1. The number of anilines is 2. The Morgan fingerprint density at radius 1 is 0.964 bits per heavy atom. The van der Waals surface area contributed by atoms with Crippen molar-refractivity contribution in [3.63, 3.8) is 0 Å². The molecule has 4 rings (SSSR count). The summed E-state index contributed by atoms with van der Waals surface area (Å²) in [5, 5.41) is 4.22. The molecular formula is C22H19FN4S. The molecule has 0 amide bonds. The van der Waals surface area contributed by atoms with E-state index in [1.807, 2.05) is 55.8 Å². The van der Waals surface area contributed by atoms with E-state index in [1.165, 1.54) is 12.1 Å². The molecule has 140 valence electrons. The highest BCUT2D eigenvalue weighted by molar-refractivity contribution is 7.98. The largest absolute Gasteiger partial charge is 0.340 e. The maximum Gasteiger partial charge on any atom is 0.168 e. The summed E-state index contributed by atoms with van der Waals surface area (Å²) in [5.41, 5.74) is 4.63. The second kappa shape index (κ2) is 7.86. The first-order valence-corrected chi connectivity index (χ1v) is 10.0. The van der Waals surface area contributed by atoms with E-state index in [9.17, 15) is 4.39 Å². The van der Waals surface area contributed by atoms with Crippen molar-refractivity contribution in [3.05, 3.63) is 78.7 Å². The minimum absolute atomic E-state index is 0.260. The van der Waals surface area contributed by atoms with Crippen molar-refractivity contribution in [1.29, 1.82) is 0 Å². The van der Waals surface area contributed by atoms with Crippen molar-refractivity contribution < 1.29 is 4.39 Å². The fourth-order valence-electron chi connectivity index (χ4n) is 3.12. The summed E-state index contributed by atoms with van der Waals surface area (Å²) in [6, 6.07) is 20.3. The molecule has 0 saturated carbocycles. The number of aromatic nitrogens is 3. The van der Waals surface area contributed by atoms with Crippen LogP contribution in [-0.2, 0) is 7.05 Å². The molecule has 28 heavy (non-hydrogen) atoms. The molecule has 0 aliphatic rings. The molecule has 1 N–H and O–H groups in total. The van der Waals surface area contributed by atoms with E-state index in [4.69, 9.17) is 4.98 Å². The van der Waals surface area contributed by atoms with Gasteiger partial charge >= 0.3 is 0 Å². The van der Waals surface area contributed by atoms with E-state index in [0.717, 1.165) is 39.2 Å².